The normalized spacial score (nSPS) is 10.9. The van der Waals surface area contributed by atoms with E-state index in [4.69, 9.17) is 0 Å². The van der Waals surface area contributed by atoms with Crippen molar-refractivity contribution in [1.29, 1.82) is 0 Å². The lowest BCUT2D eigenvalue weighted by molar-refractivity contribution is 0.780. The van der Waals surface area contributed by atoms with Gasteiger partial charge in [0.1, 0.15) is 0 Å². The summed E-state index contributed by atoms with van der Waals surface area (Å²) in [7, 11) is 1.95. The average Bonchev–Trinajstić information content (AvgIpc) is 2.69. The first kappa shape index (κ1) is 10.1. The Balaban J connectivity index is 2.13. The highest BCUT2D eigenvalue weighted by Crippen LogP contribution is 2.23. The molecule has 2 aromatic carbocycles. The van der Waals surface area contributed by atoms with Gasteiger partial charge in [0.25, 0.3) is 0 Å². The molecule has 2 nitrogen and oxygen atoms in total. The van der Waals surface area contributed by atoms with Crippen LogP contribution in [0.15, 0.2) is 48.7 Å². The Morgan fingerprint density at radius 1 is 0.941 bits per heavy atom. The van der Waals surface area contributed by atoms with E-state index in [1.807, 2.05) is 17.9 Å². The fourth-order valence-electron chi connectivity index (χ4n) is 2.07. The zero-order valence-corrected chi connectivity index (χ0v) is 10.0. The largest absolute Gasteiger partial charge is 0.275 e. The minimum absolute atomic E-state index is 1.04. The molecule has 0 atom stereocenters. The molecular formula is C15H14N2. The Morgan fingerprint density at radius 2 is 1.65 bits per heavy atom. The highest BCUT2D eigenvalue weighted by Gasteiger charge is 2.02. The first-order valence-electron chi connectivity index (χ1n) is 5.73. The lowest BCUT2D eigenvalue weighted by Crippen LogP contribution is -1.84. The number of rotatable bonds is 1. The summed E-state index contributed by atoms with van der Waals surface area (Å²) in [6.45, 7) is 2.11. The summed E-state index contributed by atoms with van der Waals surface area (Å²) in [5.74, 6) is 0. The van der Waals surface area contributed by atoms with Gasteiger partial charge in [-0.05, 0) is 30.2 Å². The van der Waals surface area contributed by atoms with Crippen molar-refractivity contribution in [3.8, 4) is 11.1 Å². The highest BCUT2D eigenvalue weighted by atomic mass is 15.2. The van der Waals surface area contributed by atoms with Crippen LogP contribution in [-0.2, 0) is 7.05 Å². The number of aryl methyl sites for hydroxylation is 2. The summed E-state index contributed by atoms with van der Waals surface area (Å²) in [6.07, 6.45) is 2.05. The fraction of sp³-hybridized carbons (Fsp3) is 0.133. The molecule has 0 unspecified atom stereocenters. The Labute approximate surface area is 101 Å². The maximum atomic E-state index is 4.38. The summed E-state index contributed by atoms with van der Waals surface area (Å²) in [5.41, 5.74) is 4.83. The van der Waals surface area contributed by atoms with Gasteiger partial charge in [0.05, 0.1) is 5.52 Å². The molecule has 1 aromatic heterocycles. The van der Waals surface area contributed by atoms with Gasteiger partial charge in [-0.25, -0.2) is 0 Å². The number of benzene rings is 2. The molecule has 2 heteroatoms. The van der Waals surface area contributed by atoms with E-state index in [9.17, 15) is 0 Å². The third-order valence-corrected chi connectivity index (χ3v) is 3.00. The second-order valence-electron chi connectivity index (χ2n) is 4.44. The number of aromatic nitrogens is 2. The van der Waals surface area contributed by atoms with Crippen molar-refractivity contribution >= 4 is 10.9 Å². The summed E-state index contributed by atoms with van der Waals surface area (Å²) in [4.78, 5) is 0. The molecule has 0 aliphatic carbocycles. The van der Waals surface area contributed by atoms with Crippen molar-refractivity contribution in [2.75, 3.05) is 0 Å². The topological polar surface area (TPSA) is 17.8 Å². The molecule has 3 aromatic rings. The quantitative estimate of drug-likeness (QED) is 0.615. The van der Waals surface area contributed by atoms with Crippen molar-refractivity contribution in [3.63, 3.8) is 0 Å². The van der Waals surface area contributed by atoms with Crippen LogP contribution >= 0.6 is 0 Å². The lowest BCUT2D eigenvalue weighted by atomic mass is 10.0. The van der Waals surface area contributed by atoms with Crippen LogP contribution in [0.1, 0.15) is 5.56 Å². The van der Waals surface area contributed by atoms with Crippen LogP contribution in [0.5, 0.6) is 0 Å². The second-order valence-corrected chi connectivity index (χ2v) is 4.44. The van der Waals surface area contributed by atoms with Gasteiger partial charge in [-0.1, -0.05) is 35.9 Å². The maximum Gasteiger partial charge on any atom is 0.0923 e. The molecule has 17 heavy (non-hydrogen) atoms. The smallest absolute Gasteiger partial charge is 0.0923 e. The van der Waals surface area contributed by atoms with Gasteiger partial charge in [-0.15, -0.1) is 0 Å². The molecule has 0 saturated carbocycles. The predicted molar refractivity (Wildman–Crippen MR) is 70.9 cm³/mol. The molecule has 0 aliphatic rings. The zero-order chi connectivity index (χ0) is 11.8. The Morgan fingerprint density at radius 3 is 2.41 bits per heavy atom. The van der Waals surface area contributed by atoms with Crippen molar-refractivity contribution in [2.45, 2.75) is 6.92 Å². The van der Waals surface area contributed by atoms with Gasteiger partial charge in [0.2, 0.25) is 0 Å². The van der Waals surface area contributed by atoms with Crippen molar-refractivity contribution in [1.82, 2.24) is 9.78 Å². The van der Waals surface area contributed by atoms with Crippen LogP contribution in [0.4, 0.5) is 0 Å². The van der Waals surface area contributed by atoms with E-state index in [1.165, 1.54) is 22.1 Å². The second kappa shape index (κ2) is 3.74. The summed E-state index contributed by atoms with van der Waals surface area (Å²) < 4.78 is 1.85. The fourth-order valence-corrected chi connectivity index (χ4v) is 2.07. The number of nitrogens with zero attached hydrogens (tertiary/aromatic N) is 2. The number of hydrogen-bond acceptors (Lipinski definition) is 1. The van der Waals surface area contributed by atoms with E-state index >= 15 is 0 Å². The molecule has 0 saturated heterocycles. The van der Waals surface area contributed by atoms with E-state index in [-0.39, 0.29) is 0 Å². The molecule has 3 rings (SSSR count). The van der Waals surface area contributed by atoms with E-state index in [0.717, 1.165) is 5.52 Å². The van der Waals surface area contributed by atoms with Crippen LogP contribution in [0, 0.1) is 6.92 Å². The van der Waals surface area contributed by atoms with E-state index in [1.54, 1.807) is 0 Å². The van der Waals surface area contributed by atoms with Crippen LogP contribution in [0.2, 0.25) is 0 Å². The molecule has 0 aliphatic heterocycles. The summed E-state index contributed by atoms with van der Waals surface area (Å²) in [6, 6.07) is 15.0. The highest BCUT2D eigenvalue weighted by molar-refractivity contribution is 5.84. The summed E-state index contributed by atoms with van der Waals surface area (Å²) >= 11 is 0. The number of hydrogen-bond donors (Lipinski definition) is 0. The predicted octanol–water partition coefficient (Wildman–Crippen LogP) is 3.55. The Bertz CT molecular complexity index is 663. The van der Waals surface area contributed by atoms with Gasteiger partial charge >= 0.3 is 0 Å². The minimum atomic E-state index is 1.04. The molecule has 0 bridgehead atoms. The molecule has 0 fully saturated rings. The molecular weight excluding hydrogens is 208 g/mol. The van der Waals surface area contributed by atoms with Gasteiger partial charge in [0.15, 0.2) is 0 Å². The molecule has 1 heterocycles. The van der Waals surface area contributed by atoms with Gasteiger partial charge in [-0.2, -0.15) is 5.10 Å². The molecule has 0 radical (unpaired) electrons. The first-order valence-corrected chi connectivity index (χ1v) is 5.73. The van der Waals surface area contributed by atoms with Crippen molar-refractivity contribution in [3.05, 3.63) is 54.2 Å². The Hall–Kier alpha value is -2.09. The minimum Gasteiger partial charge on any atom is -0.275 e. The molecule has 0 N–H and O–H groups in total. The van der Waals surface area contributed by atoms with Gasteiger partial charge in [-0.3, -0.25) is 4.68 Å². The zero-order valence-electron chi connectivity index (χ0n) is 10.0. The van der Waals surface area contributed by atoms with Crippen molar-refractivity contribution < 1.29 is 0 Å². The SMILES string of the molecule is Cc1ccc(-c2ccc3nn(C)cc3c2)cc1. The van der Waals surface area contributed by atoms with E-state index < -0.39 is 0 Å². The third kappa shape index (κ3) is 1.82. The maximum absolute atomic E-state index is 4.38. The van der Waals surface area contributed by atoms with Crippen LogP contribution in [-0.4, -0.2) is 9.78 Å². The first-order chi connectivity index (χ1) is 8.22. The monoisotopic (exact) mass is 222 g/mol. The van der Waals surface area contributed by atoms with E-state index in [0.29, 0.717) is 0 Å². The average molecular weight is 222 g/mol. The van der Waals surface area contributed by atoms with Crippen LogP contribution < -0.4 is 0 Å². The number of fused-ring (bicyclic) bond motifs is 1. The van der Waals surface area contributed by atoms with Crippen LogP contribution in [0.25, 0.3) is 22.0 Å². The van der Waals surface area contributed by atoms with Gasteiger partial charge < -0.3 is 0 Å². The molecule has 0 amide bonds. The standard InChI is InChI=1S/C15H14N2/c1-11-3-5-12(6-4-11)13-7-8-15-14(9-13)10-17(2)16-15/h3-10H,1-2H3. The van der Waals surface area contributed by atoms with Crippen LogP contribution in [0.3, 0.4) is 0 Å². The summed E-state index contributed by atoms with van der Waals surface area (Å²) in [5, 5.41) is 5.56. The molecule has 84 valence electrons. The van der Waals surface area contributed by atoms with Gasteiger partial charge in [0, 0.05) is 18.6 Å². The Kier molecular flexibility index (Phi) is 2.22. The lowest BCUT2D eigenvalue weighted by Gasteiger charge is -2.02. The van der Waals surface area contributed by atoms with E-state index in [2.05, 4.69) is 54.5 Å². The third-order valence-electron chi connectivity index (χ3n) is 3.00. The van der Waals surface area contributed by atoms with Crippen molar-refractivity contribution in [2.24, 2.45) is 7.05 Å². The molecule has 0 spiro atoms.